The molecule has 0 radical (unpaired) electrons. The average molecular weight is 662 g/mol. The number of ether oxygens (including phenoxy) is 4. The maximum atomic E-state index is 6.57. The van der Waals surface area contributed by atoms with Gasteiger partial charge in [0.1, 0.15) is 0 Å². The molecule has 1 heterocycles. The molecule has 0 aromatic heterocycles. The normalized spacial score (nSPS) is 13.2. The van der Waals surface area contributed by atoms with Crippen molar-refractivity contribution >= 4 is 0 Å². The summed E-state index contributed by atoms with van der Waals surface area (Å²) in [5, 5.41) is 3.40. The maximum absolute atomic E-state index is 6.57. The topological polar surface area (TPSA) is 49.0 Å². The summed E-state index contributed by atoms with van der Waals surface area (Å²) in [5.74, 6) is 2.81. The van der Waals surface area contributed by atoms with Crippen LogP contribution in [0.25, 0.3) is 0 Å². The van der Waals surface area contributed by atoms with E-state index in [1.807, 2.05) is 12.3 Å². The van der Waals surface area contributed by atoms with E-state index >= 15 is 0 Å². The van der Waals surface area contributed by atoms with Crippen molar-refractivity contribution in [2.45, 2.75) is 207 Å². The number of allylic oxidation sites excluding steroid dienone is 1. The fraction of sp³-hybridized carbons (Fsp3) is 0.857. The monoisotopic (exact) mass is 662 g/mol. The average Bonchev–Trinajstić information content (AvgIpc) is 3.24. The van der Waals surface area contributed by atoms with E-state index in [9.17, 15) is 0 Å². The van der Waals surface area contributed by atoms with Crippen molar-refractivity contribution in [3.8, 4) is 0 Å². The molecule has 1 N–H and O–H groups in total. The molecule has 0 spiro atoms. The number of unbranched alkanes of at least 4 members (excludes halogenated alkanes) is 24. The van der Waals surface area contributed by atoms with Gasteiger partial charge in [0.25, 0.3) is 0 Å². The Balaban J connectivity index is 2.92. The Morgan fingerprint density at radius 1 is 0.362 bits per heavy atom. The summed E-state index contributed by atoms with van der Waals surface area (Å²) in [6.07, 6.45) is 39.2. The van der Waals surface area contributed by atoms with Crippen LogP contribution in [0.2, 0.25) is 0 Å². The van der Waals surface area contributed by atoms with Gasteiger partial charge in [0.15, 0.2) is 5.76 Å². The molecule has 0 atom stereocenters. The zero-order valence-electron chi connectivity index (χ0n) is 31.9. The molecule has 1 aliphatic heterocycles. The van der Waals surface area contributed by atoms with Gasteiger partial charge in [-0.2, -0.15) is 0 Å². The molecule has 0 saturated carbocycles. The van der Waals surface area contributed by atoms with Crippen LogP contribution in [0.4, 0.5) is 0 Å². The molecule has 1 rings (SSSR count). The quantitative estimate of drug-likeness (QED) is 0.0677. The second-order valence-corrected chi connectivity index (χ2v) is 13.7. The van der Waals surface area contributed by atoms with Crippen molar-refractivity contribution in [1.82, 2.24) is 5.32 Å². The second kappa shape index (κ2) is 34.1. The molecular weight excluding hydrogens is 582 g/mol. The molecular formula is C42H79NO4. The van der Waals surface area contributed by atoms with Crippen molar-refractivity contribution in [2.75, 3.05) is 26.4 Å². The Bertz CT molecular complexity index is 775. The minimum absolute atomic E-state index is 0.657. The molecule has 0 aromatic rings. The van der Waals surface area contributed by atoms with Gasteiger partial charge in [0.05, 0.1) is 26.4 Å². The zero-order chi connectivity index (χ0) is 33.9. The van der Waals surface area contributed by atoms with Gasteiger partial charge < -0.3 is 24.3 Å². The number of nitrogens with one attached hydrogen (secondary N) is 1. The lowest BCUT2D eigenvalue weighted by Crippen LogP contribution is -2.16. The SMILES string of the molecule is CCCCCCCCCOC1=C(OCCCCCCCCC)C(OCCCCCCCCC)=C(OCCCCCCCCC)NC=C1. The summed E-state index contributed by atoms with van der Waals surface area (Å²) in [4.78, 5) is 0. The maximum Gasteiger partial charge on any atom is 0.238 e. The molecule has 1 aliphatic rings. The van der Waals surface area contributed by atoms with E-state index < -0.39 is 0 Å². The number of rotatable bonds is 36. The predicted molar refractivity (Wildman–Crippen MR) is 202 cm³/mol. The van der Waals surface area contributed by atoms with Gasteiger partial charge in [-0.1, -0.05) is 182 Å². The lowest BCUT2D eigenvalue weighted by Gasteiger charge is -2.20. The molecule has 0 amide bonds. The third-order valence-corrected chi connectivity index (χ3v) is 9.07. The van der Waals surface area contributed by atoms with Crippen LogP contribution in [0.1, 0.15) is 207 Å². The van der Waals surface area contributed by atoms with Gasteiger partial charge in [-0.05, 0) is 25.7 Å². The first-order valence-electron chi connectivity index (χ1n) is 20.7. The van der Waals surface area contributed by atoms with Crippen molar-refractivity contribution in [3.05, 3.63) is 35.4 Å². The summed E-state index contributed by atoms with van der Waals surface area (Å²) < 4.78 is 26.0. The Morgan fingerprint density at radius 3 is 1.09 bits per heavy atom. The first kappa shape index (κ1) is 43.2. The van der Waals surface area contributed by atoms with Gasteiger partial charge in [0.2, 0.25) is 17.4 Å². The van der Waals surface area contributed by atoms with Gasteiger partial charge in [-0.15, -0.1) is 0 Å². The Hall–Kier alpha value is -1.78. The fourth-order valence-corrected chi connectivity index (χ4v) is 5.98. The summed E-state index contributed by atoms with van der Waals surface area (Å²) in [7, 11) is 0. The summed E-state index contributed by atoms with van der Waals surface area (Å²) in [5.41, 5.74) is 0. The molecule has 0 saturated heterocycles. The summed E-state index contributed by atoms with van der Waals surface area (Å²) in [6.45, 7) is 11.8. The summed E-state index contributed by atoms with van der Waals surface area (Å²) >= 11 is 0. The van der Waals surface area contributed by atoms with E-state index in [0.29, 0.717) is 43.8 Å². The molecule has 0 unspecified atom stereocenters. The van der Waals surface area contributed by atoms with Crippen molar-refractivity contribution in [1.29, 1.82) is 0 Å². The lowest BCUT2D eigenvalue weighted by atomic mass is 10.1. The predicted octanol–water partition coefficient (Wildman–Crippen LogP) is 13.6. The van der Waals surface area contributed by atoms with E-state index in [2.05, 4.69) is 33.0 Å². The Morgan fingerprint density at radius 2 is 0.681 bits per heavy atom. The molecule has 0 aromatic carbocycles. The van der Waals surface area contributed by atoms with E-state index in [1.165, 1.54) is 154 Å². The molecule has 0 bridgehead atoms. The lowest BCUT2D eigenvalue weighted by molar-refractivity contribution is 0.0988. The van der Waals surface area contributed by atoms with Crippen LogP contribution in [0.3, 0.4) is 0 Å². The van der Waals surface area contributed by atoms with Crippen LogP contribution in [0.5, 0.6) is 0 Å². The van der Waals surface area contributed by atoms with E-state index in [4.69, 9.17) is 18.9 Å². The number of hydrogen-bond donors (Lipinski definition) is 1. The molecule has 47 heavy (non-hydrogen) atoms. The molecule has 0 aliphatic carbocycles. The Kier molecular flexibility index (Phi) is 31.4. The second-order valence-electron chi connectivity index (χ2n) is 13.7. The molecule has 5 heteroatoms. The van der Waals surface area contributed by atoms with Crippen LogP contribution in [0, 0.1) is 0 Å². The first-order valence-corrected chi connectivity index (χ1v) is 20.7. The first-order chi connectivity index (χ1) is 23.3. The van der Waals surface area contributed by atoms with Crippen LogP contribution < -0.4 is 5.32 Å². The minimum Gasteiger partial charge on any atom is -0.489 e. The van der Waals surface area contributed by atoms with Gasteiger partial charge in [0, 0.05) is 12.3 Å². The highest BCUT2D eigenvalue weighted by Gasteiger charge is 2.24. The van der Waals surface area contributed by atoms with Crippen molar-refractivity contribution < 1.29 is 18.9 Å². The van der Waals surface area contributed by atoms with E-state index in [1.54, 1.807) is 0 Å². The van der Waals surface area contributed by atoms with Gasteiger partial charge in [-0.25, -0.2) is 0 Å². The summed E-state index contributed by atoms with van der Waals surface area (Å²) in [6, 6.07) is 0. The van der Waals surface area contributed by atoms with E-state index in [-0.39, 0.29) is 0 Å². The largest absolute Gasteiger partial charge is 0.489 e. The van der Waals surface area contributed by atoms with Crippen molar-refractivity contribution in [3.63, 3.8) is 0 Å². The standard InChI is InChI=1S/C42H79NO4/c1-5-9-13-17-21-25-29-35-44-39-33-34-43-42(47-38-32-28-24-20-16-12-8-4)41(46-37-31-27-23-19-15-11-7-3)40(39)45-36-30-26-22-18-14-10-6-2/h33-34,43H,5-32,35-38H2,1-4H3. The smallest absolute Gasteiger partial charge is 0.238 e. The third kappa shape index (κ3) is 24.9. The minimum atomic E-state index is 0.657. The van der Waals surface area contributed by atoms with Crippen LogP contribution >= 0.6 is 0 Å². The molecule has 0 fully saturated rings. The van der Waals surface area contributed by atoms with Gasteiger partial charge >= 0.3 is 0 Å². The highest BCUT2D eigenvalue weighted by atomic mass is 16.6. The number of hydrogen-bond acceptors (Lipinski definition) is 5. The van der Waals surface area contributed by atoms with Crippen LogP contribution in [0.15, 0.2) is 35.4 Å². The molecule has 5 nitrogen and oxygen atoms in total. The fourth-order valence-electron chi connectivity index (χ4n) is 5.98. The third-order valence-electron chi connectivity index (χ3n) is 9.07. The van der Waals surface area contributed by atoms with Crippen LogP contribution in [-0.4, -0.2) is 26.4 Å². The highest BCUT2D eigenvalue weighted by molar-refractivity contribution is 5.34. The van der Waals surface area contributed by atoms with E-state index in [0.717, 1.165) is 31.4 Å². The van der Waals surface area contributed by atoms with Crippen molar-refractivity contribution in [2.24, 2.45) is 0 Å². The molecule has 276 valence electrons. The highest BCUT2D eigenvalue weighted by Crippen LogP contribution is 2.27. The zero-order valence-corrected chi connectivity index (χ0v) is 31.9. The Labute approximate surface area is 293 Å². The van der Waals surface area contributed by atoms with Crippen LogP contribution in [-0.2, 0) is 18.9 Å². The van der Waals surface area contributed by atoms with Gasteiger partial charge in [-0.3, -0.25) is 0 Å².